The first kappa shape index (κ1) is 25.3. The third-order valence-electron chi connectivity index (χ3n) is 6.79. The van der Waals surface area contributed by atoms with Crippen LogP contribution < -0.4 is 11.0 Å². The van der Waals surface area contributed by atoms with Crippen LogP contribution in [0.15, 0.2) is 72.0 Å². The highest BCUT2D eigenvalue weighted by Crippen LogP contribution is 2.29. The van der Waals surface area contributed by atoms with Gasteiger partial charge in [-0.05, 0) is 61.2 Å². The Labute approximate surface area is 216 Å². The molecule has 5 aromatic rings. The monoisotopic (exact) mass is 521 g/mol. The van der Waals surface area contributed by atoms with Crippen molar-refractivity contribution < 1.29 is 18.0 Å². The standard InChI is InChI=1S/C28H26F3N5O2/c1-4-24(28(29,30)31)33-25(37)15-35-22-9-5-7-17(2)26(22)36(27(35)38)21-11-10-19(13-18(21)3)20-8-6-12-34-16-32-14-23(20)34/h5-14,16,24H,4,15H2,1-3H3,(H,33,37)/t24-/m0/s1. The summed E-state index contributed by atoms with van der Waals surface area (Å²) in [4.78, 5) is 30.5. The van der Waals surface area contributed by atoms with Gasteiger partial charge in [-0.15, -0.1) is 0 Å². The molecule has 2 aromatic carbocycles. The number of imidazole rings is 2. The molecule has 0 bridgehead atoms. The van der Waals surface area contributed by atoms with E-state index in [-0.39, 0.29) is 6.42 Å². The van der Waals surface area contributed by atoms with Gasteiger partial charge in [0.1, 0.15) is 12.6 Å². The molecule has 0 spiro atoms. The van der Waals surface area contributed by atoms with Crippen LogP contribution in [0.1, 0.15) is 24.5 Å². The molecule has 0 aliphatic rings. The van der Waals surface area contributed by atoms with Crippen molar-refractivity contribution in [3.05, 3.63) is 88.9 Å². The van der Waals surface area contributed by atoms with Crippen molar-refractivity contribution >= 4 is 22.5 Å². The van der Waals surface area contributed by atoms with Crippen LogP contribution in [-0.4, -0.2) is 36.6 Å². The van der Waals surface area contributed by atoms with Crippen LogP contribution in [0.3, 0.4) is 0 Å². The van der Waals surface area contributed by atoms with Crippen LogP contribution in [0.4, 0.5) is 13.2 Å². The van der Waals surface area contributed by atoms with E-state index >= 15 is 0 Å². The number of aryl methyl sites for hydroxylation is 2. The van der Waals surface area contributed by atoms with Crippen LogP contribution in [-0.2, 0) is 11.3 Å². The summed E-state index contributed by atoms with van der Waals surface area (Å²) in [5.41, 5.74) is 5.69. The molecule has 0 radical (unpaired) electrons. The van der Waals surface area contributed by atoms with E-state index in [0.717, 1.165) is 27.8 Å². The van der Waals surface area contributed by atoms with E-state index in [0.29, 0.717) is 16.7 Å². The van der Waals surface area contributed by atoms with E-state index in [9.17, 15) is 22.8 Å². The van der Waals surface area contributed by atoms with Crippen LogP contribution in [0.2, 0.25) is 0 Å². The normalized spacial score (nSPS) is 12.8. The fourth-order valence-electron chi connectivity index (χ4n) is 4.91. The topological polar surface area (TPSA) is 73.3 Å². The van der Waals surface area contributed by atoms with Gasteiger partial charge in [0.2, 0.25) is 5.91 Å². The Morgan fingerprint density at radius 1 is 1.05 bits per heavy atom. The number of nitrogens with zero attached hydrogens (tertiary/aromatic N) is 4. The molecule has 0 fully saturated rings. The first-order valence-corrected chi connectivity index (χ1v) is 12.2. The molecule has 0 saturated carbocycles. The maximum atomic E-state index is 13.7. The summed E-state index contributed by atoms with van der Waals surface area (Å²) in [5.74, 6) is -0.877. The van der Waals surface area contributed by atoms with Gasteiger partial charge in [-0.1, -0.05) is 31.2 Å². The quantitative estimate of drug-likeness (QED) is 0.335. The maximum absolute atomic E-state index is 13.7. The molecule has 0 aliphatic heterocycles. The van der Waals surface area contributed by atoms with Gasteiger partial charge in [0.15, 0.2) is 0 Å². The molecule has 38 heavy (non-hydrogen) atoms. The van der Waals surface area contributed by atoms with Crippen molar-refractivity contribution in [2.75, 3.05) is 0 Å². The number of fused-ring (bicyclic) bond motifs is 2. The Bertz CT molecular complexity index is 1730. The minimum absolute atomic E-state index is 0.302. The molecule has 1 N–H and O–H groups in total. The second-order valence-corrected chi connectivity index (χ2v) is 9.33. The van der Waals surface area contributed by atoms with Crippen molar-refractivity contribution in [2.24, 2.45) is 0 Å². The number of amides is 1. The van der Waals surface area contributed by atoms with Crippen molar-refractivity contribution in [1.82, 2.24) is 23.8 Å². The van der Waals surface area contributed by atoms with Crippen LogP contribution >= 0.6 is 0 Å². The number of pyridine rings is 1. The zero-order chi connectivity index (χ0) is 27.2. The summed E-state index contributed by atoms with van der Waals surface area (Å²) in [7, 11) is 0. The average molecular weight is 522 g/mol. The number of halogens is 3. The second-order valence-electron chi connectivity index (χ2n) is 9.33. The van der Waals surface area contributed by atoms with E-state index in [2.05, 4.69) is 4.98 Å². The van der Waals surface area contributed by atoms with Gasteiger partial charge >= 0.3 is 11.9 Å². The van der Waals surface area contributed by atoms with Crippen molar-refractivity contribution in [2.45, 2.75) is 46.0 Å². The number of nitrogens with one attached hydrogen (secondary N) is 1. The Kier molecular flexibility index (Phi) is 6.34. The lowest BCUT2D eigenvalue weighted by atomic mass is 10.0. The van der Waals surface area contributed by atoms with Crippen molar-refractivity contribution in [3.8, 4) is 16.8 Å². The van der Waals surface area contributed by atoms with E-state index < -0.39 is 30.4 Å². The third kappa shape index (κ3) is 4.36. The first-order chi connectivity index (χ1) is 18.1. The van der Waals surface area contributed by atoms with E-state index in [1.807, 2.05) is 66.2 Å². The molecule has 3 heterocycles. The highest BCUT2D eigenvalue weighted by atomic mass is 19.4. The van der Waals surface area contributed by atoms with Crippen LogP contribution in [0.5, 0.6) is 0 Å². The van der Waals surface area contributed by atoms with Gasteiger partial charge in [-0.2, -0.15) is 13.2 Å². The molecule has 1 amide bonds. The smallest absolute Gasteiger partial charge is 0.343 e. The predicted molar refractivity (Wildman–Crippen MR) is 139 cm³/mol. The third-order valence-corrected chi connectivity index (χ3v) is 6.79. The highest BCUT2D eigenvalue weighted by molar-refractivity contribution is 5.85. The van der Waals surface area contributed by atoms with Gasteiger partial charge in [-0.25, -0.2) is 9.78 Å². The fourth-order valence-corrected chi connectivity index (χ4v) is 4.91. The average Bonchev–Trinajstić information content (AvgIpc) is 3.46. The zero-order valence-corrected chi connectivity index (χ0v) is 21.1. The lowest BCUT2D eigenvalue weighted by Gasteiger charge is -2.20. The number of rotatable bonds is 6. The van der Waals surface area contributed by atoms with Gasteiger partial charge in [-0.3, -0.25) is 13.9 Å². The molecule has 0 aliphatic carbocycles. The SMILES string of the molecule is CC[C@H](NC(=O)Cn1c(=O)n(-c2ccc(-c3cccn4cncc34)cc2C)c2c(C)cccc21)C(F)(F)F. The number of benzene rings is 2. The number of carbonyl (C=O) groups excluding carboxylic acids is 1. The molecule has 196 valence electrons. The Balaban J connectivity index is 1.59. The van der Waals surface area contributed by atoms with Crippen LogP contribution in [0, 0.1) is 13.8 Å². The molecular weight excluding hydrogens is 495 g/mol. The highest BCUT2D eigenvalue weighted by Gasteiger charge is 2.39. The number of para-hydroxylation sites is 1. The van der Waals surface area contributed by atoms with Gasteiger partial charge in [0.05, 0.1) is 34.8 Å². The summed E-state index contributed by atoms with van der Waals surface area (Å²) < 4.78 is 44.3. The lowest BCUT2D eigenvalue weighted by Crippen LogP contribution is -2.46. The van der Waals surface area contributed by atoms with E-state index in [4.69, 9.17) is 0 Å². The van der Waals surface area contributed by atoms with Gasteiger partial charge < -0.3 is 9.72 Å². The Morgan fingerprint density at radius 2 is 1.84 bits per heavy atom. The maximum Gasteiger partial charge on any atom is 0.408 e. The number of hydrogen-bond acceptors (Lipinski definition) is 3. The molecule has 0 unspecified atom stereocenters. The summed E-state index contributed by atoms with van der Waals surface area (Å²) in [5, 5.41) is 2.02. The van der Waals surface area contributed by atoms with Gasteiger partial charge in [0, 0.05) is 11.8 Å². The molecule has 1 atom stereocenters. The number of carbonyl (C=O) groups is 1. The summed E-state index contributed by atoms with van der Waals surface area (Å²) in [6.45, 7) is 4.56. The fraction of sp³-hybridized carbons (Fsp3) is 0.250. The minimum Gasteiger partial charge on any atom is -0.343 e. The molecule has 0 saturated heterocycles. The molecule has 10 heteroatoms. The largest absolute Gasteiger partial charge is 0.408 e. The summed E-state index contributed by atoms with van der Waals surface area (Å²) >= 11 is 0. The van der Waals surface area contributed by atoms with E-state index in [1.54, 1.807) is 24.7 Å². The lowest BCUT2D eigenvalue weighted by molar-refractivity contribution is -0.162. The van der Waals surface area contributed by atoms with Crippen molar-refractivity contribution in [3.63, 3.8) is 0 Å². The van der Waals surface area contributed by atoms with E-state index in [1.165, 1.54) is 16.1 Å². The number of alkyl halides is 3. The van der Waals surface area contributed by atoms with Crippen molar-refractivity contribution in [1.29, 1.82) is 0 Å². The molecule has 3 aromatic heterocycles. The van der Waals surface area contributed by atoms with Crippen LogP contribution in [0.25, 0.3) is 33.4 Å². The minimum atomic E-state index is -4.57. The summed E-state index contributed by atoms with van der Waals surface area (Å²) in [6, 6.07) is 13.0. The molecular formula is C28H26F3N5O2. The number of aromatic nitrogens is 4. The summed E-state index contributed by atoms with van der Waals surface area (Å²) in [6.07, 6.45) is 0.555. The number of hydrogen-bond donors (Lipinski definition) is 1. The van der Waals surface area contributed by atoms with Gasteiger partial charge in [0.25, 0.3) is 0 Å². The predicted octanol–water partition coefficient (Wildman–Crippen LogP) is 5.18. The second kappa shape index (κ2) is 9.51. The molecule has 5 rings (SSSR count). The molecule has 7 nitrogen and oxygen atoms in total. The Morgan fingerprint density at radius 3 is 2.55 bits per heavy atom. The Hall–Kier alpha value is -4.34. The zero-order valence-electron chi connectivity index (χ0n) is 21.1. The first-order valence-electron chi connectivity index (χ1n) is 12.2.